The first-order valence-corrected chi connectivity index (χ1v) is 18.2. The Morgan fingerprint density at radius 1 is 0.627 bits per heavy atom. The van der Waals surface area contributed by atoms with Crippen LogP contribution in [0.1, 0.15) is 55.0 Å². The topological polar surface area (TPSA) is 38.0 Å². The van der Waals surface area contributed by atoms with Crippen molar-refractivity contribution in [3.05, 3.63) is 191 Å². The highest BCUT2D eigenvalue weighted by Gasteiger charge is 2.52. The average molecular weight is 663 g/mol. The third-order valence-corrected chi connectivity index (χ3v) is 10.5. The number of hydrogen-bond donors (Lipinski definition) is 2. The molecule has 2 aliphatic rings. The van der Waals surface area contributed by atoms with Gasteiger partial charge in [-0.05, 0) is 115 Å². The summed E-state index contributed by atoms with van der Waals surface area (Å²) >= 11 is 0. The van der Waals surface area contributed by atoms with Crippen LogP contribution in [0.3, 0.4) is 0 Å². The molecule has 0 saturated carbocycles. The molecule has 0 fully saturated rings. The molecule has 0 heterocycles. The minimum absolute atomic E-state index is 0.355. The van der Waals surface area contributed by atoms with E-state index >= 15 is 0 Å². The Balaban J connectivity index is 0.000000326. The zero-order chi connectivity index (χ0) is 35.7. The number of nitrogens with two attached hydrogens (primary N) is 1. The molecule has 51 heavy (non-hydrogen) atoms. The summed E-state index contributed by atoms with van der Waals surface area (Å²) in [6, 6.07) is 52.4. The van der Waals surface area contributed by atoms with Crippen LogP contribution in [-0.2, 0) is 5.41 Å². The fourth-order valence-electron chi connectivity index (χ4n) is 8.31. The van der Waals surface area contributed by atoms with Crippen molar-refractivity contribution in [2.75, 3.05) is 7.05 Å². The molecule has 3 N–H and O–H groups in total. The molecule has 0 saturated heterocycles. The molecule has 252 valence electrons. The molecule has 0 aliphatic heterocycles. The van der Waals surface area contributed by atoms with E-state index in [9.17, 15) is 0 Å². The molecule has 2 nitrogen and oxygen atoms in total. The molecular weight excluding hydrogens is 617 g/mol. The van der Waals surface area contributed by atoms with E-state index in [-0.39, 0.29) is 5.41 Å². The summed E-state index contributed by atoms with van der Waals surface area (Å²) in [6.07, 6.45) is 2.57. The predicted molar refractivity (Wildman–Crippen MR) is 220 cm³/mol. The van der Waals surface area contributed by atoms with E-state index in [1.165, 1.54) is 82.7 Å². The summed E-state index contributed by atoms with van der Waals surface area (Å²) in [7, 11) is 1.86. The van der Waals surface area contributed by atoms with Gasteiger partial charge in [-0.2, -0.15) is 0 Å². The van der Waals surface area contributed by atoms with E-state index in [2.05, 4.69) is 158 Å². The monoisotopic (exact) mass is 662 g/mol. The first-order chi connectivity index (χ1) is 25.0. The average Bonchev–Trinajstić information content (AvgIpc) is 3.65. The molecule has 0 atom stereocenters. The van der Waals surface area contributed by atoms with Crippen LogP contribution in [0, 0.1) is 6.92 Å². The van der Waals surface area contributed by atoms with Crippen molar-refractivity contribution in [2.24, 2.45) is 5.73 Å². The van der Waals surface area contributed by atoms with Crippen LogP contribution in [0.5, 0.6) is 0 Å². The van der Waals surface area contributed by atoms with Gasteiger partial charge in [0.25, 0.3) is 0 Å². The lowest BCUT2D eigenvalue weighted by Gasteiger charge is -2.31. The van der Waals surface area contributed by atoms with Gasteiger partial charge in [-0.15, -0.1) is 0 Å². The van der Waals surface area contributed by atoms with Crippen molar-refractivity contribution in [1.29, 1.82) is 0 Å². The second-order valence-corrected chi connectivity index (χ2v) is 13.1. The van der Waals surface area contributed by atoms with Gasteiger partial charge in [-0.25, -0.2) is 0 Å². The second-order valence-electron chi connectivity index (χ2n) is 13.1. The van der Waals surface area contributed by atoms with Crippen LogP contribution < -0.4 is 11.1 Å². The normalized spacial score (nSPS) is 13.1. The van der Waals surface area contributed by atoms with E-state index in [1.54, 1.807) is 6.08 Å². The van der Waals surface area contributed by atoms with Crippen molar-refractivity contribution in [1.82, 2.24) is 5.32 Å². The van der Waals surface area contributed by atoms with Crippen LogP contribution in [-0.4, -0.2) is 7.05 Å². The highest BCUT2D eigenvalue weighted by atomic mass is 14.9. The van der Waals surface area contributed by atoms with Gasteiger partial charge in [0.2, 0.25) is 0 Å². The number of rotatable bonds is 4. The Morgan fingerprint density at radius 2 is 1.25 bits per heavy atom. The zero-order valence-corrected chi connectivity index (χ0v) is 30.3. The maximum atomic E-state index is 5.54. The first kappa shape index (κ1) is 33.6. The molecule has 0 amide bonds. The standard InChI is InChI=1S/C40H26.C7H14N2.C2H6/c1-25-9-8-12-26(21-25)29-17-19-31-30(22-29)18-20-34-35-23-27-10-2-3-11-28(27)24-38(35)40(39(31)34)36-15-6-4-13-32(36)33-14-5-7-16-37(33)40;1-4-6(8)7(5-2)9-3;1-2/h2-24H,1H3;4,9H,1,5,8H2,2-3H3;1-2H3/b;7-6-;. The molecule has 0 bridgehead atoms. The lowest BCUT2D eigenvalue weighted by molar-refractivity contribution is 0.802. The molecule has 7 aromatic rings. The van der Waals surface area contributed by atoms with Gasteiger partial charge in [0, 0.05) is 12.7 Å². The molecule has 0 aromatic heterocycles. The number of benzene rings is 7. The Hall–Kier alpha value is -5.86. The van der Waals surface area contributed by atoms with Crippen molar-refractivity contribution in [2.45, 2.75) is 39.5 Å². The van der Waals surface area contributed by atoms with Gasteiger partial charge in [0.1, 0.15) is 0 Å². The van der Waals surface area contributed by atoms with Gasteiger partial charge in [0.05, 0.1) is 11.1 Å². The highest BCUT2D eigenvalue weighted by Crippen LogP contribution is 2.64. The smallest absolute Gasteiger partial charge is 0.0731 e. The highest BCUT2D eigenvalue weighted by molar-refractivity contribution is 6.06. The minimum Gasteiger partial charge on any atom is -0.397 e. The first-order valence-electron chi connectivity index (χ1n) is 18.2. The van der Waals surface area contributed by atoms with Crippen LogP contribution in [0.15, 0.2) is 164 Å². The number of nitrogens with one attached hydrogen (secondary N) is 1. The Labute approximate surface area is 303 Å². The van der Waals surface area contributed by atoms with Crippen LogP contribution in [0.25, 0.3) is 54.9 Å². The largest absolute Gasteiger partial charge is 0.397 e. The van der Waals surface area contributed by atoms with Gasteiger partial charge in [-0.3, -0.25) is 0 Å². The van der Waals surface area contributed by atoms with Crippen LogP contribution in [0.2, 0.25) is 0 Å². The lowest BCUT2D eigenvalue weighted by atomic mass is 9.69. The SMILES string of the molecule is C=C/C(N)=C(\CC)NC.CC.Cc1cccc(-c2ccc3c4c(ccc3c2)-c2cc3ccccc3cc2C42c3ccccc3-c3ccccc32)c1. The maximum Gasteiger partial charge on any atom is 0.0731 e. The van der Waals surface area contributed by atoms with Crippen LogP contribution >= 0.6 is 0 Å². The Kier molecular flexibility index (Phi) is 9.10. The summed E-state index contributed by atoms with van der Waals surface area (Å²) < 4.78 is 0. The van der Waals surface area contributed by atoms with Crippen molar-refractivity contribution in [3.8, 4) is 33.4 Å². The molecule has 0 unspecified atom stereocenters. The fourth-order valence-corrected chi connectivity index (χ4v) is 8.31. The molecular formula is C49H46N2. The second kappa shape index (κ2) is 13.8. The molecule has 2 aliphatic carbocycles. The summed E-state index contributed by atoms with van der Waals surface area (Å²) in [5.74, 6) is 0. The van der Waals surface area contributed by atoms with Crippen molar-refractivity contribution >= 4 is 21.5 Å². The Morgan fingerprint density at radius 3 is 1.86 bits per heavy atom. The van der Waals surface area contributed by atoms with Gasteiger partial charge < -0.3 is 11.1 Å². The van der Waals surface area contributed by atoms with Gasteiger partial charge in [0.15, 0.2) is 0 Å². The number of aryl methyl sites for hydroxylation is 1. The third-order valence-electron chi connectivity index (χ3n) is 10.5. The molecule has 0 radical (unpaired) electrons. The summed E-state index contributed by atoms with van der Waals surface area (Å²) in [5.41, 5.74) is 21.8. The lowest BCUT2D eigenvalue weighted by Crippen LogP contribution is -2.26. The van der Waals surface area contributed by atoms with E-state index in [4.69, 9.17) is 5.73 Å². The van der Waals surface area contributed by atoms with E-state index in [0.717, 1.165) is 17.8 Å². The van der Waals surface area contributed by atoms with E-state index < -0.39 is 0 Å². The number of hydrogen-bond acceptors (Lipinski definition) is 2. The maximum absolute atomic E-state index is 5.54. The minimum atomic E-state index is -0.355. The molecule has 1 spiro atoms. The van der Waals surface area contributed by atoms with E-state index in [1.807, 2.05) is 27.8 Å². The molecule has 7 aromatic carbocycles. The summed E-state index contributed by atoms with van der Waals surface area (Å²) in [6.45, 7) is 11.8. The third kappa shape index (κ3) is 5.34. The number of fused-ring (bicyclic) bond motifs is 13. The van der Waals surface area contributed by atoms with Gasteiger partial charge >= 0.3 is 0 Å². The summed E-state index contributed by atoms with van der Waals surface area (Å²) in [5, 5.41) is 8.19. The number of allylic oxidation sites excluding steroid dienone is 2. The quantitative estimate of drug-likeness (QED) is 0.184. The van der Waals surface area contributed by atoms with E-state index in [0.29, 0.717) is 0 Å². The zero-order valence-electron chi connectivity index (χ0n) is 30.3. The molecule has 2 heteroatoms. The van der Waals surface area contributed by atoms with Gasteiger partial charge in [-0.1, -0.05) is 154 Å². The van der Waals surface area contributed by atoms with Crippen molar-refractivity contribution < 1.29 is 0 Å². The fraction of sp³-hybridized carbons (Fsp3) is 0.143. The predicted octanol–water partition coefficient (Wildman–Crippen LogP) is 12.3. The van der Waals surface area contributed by atoms with Crippen LogP contribution in [0.4, 0.5) is 0 Å². The molecule has 9 rings (SSSR count). The summed E-state index contributed by atoms with van der Waals surface area (Å²) in [4.78, 5) is 0. The van der Waals surface area contributed by atoms with Crippen molar-refractivity contribution in [3.63, 3.8) is 0 Å². The Bertz CT molecular complexity index is 2410.